The first-order chi connectivity index (χ1) is 14.1. The summed E-state index contributed by atoms with van der Waals surface area (Å²) in [6.45, 7) is 2.25. The zero-order valence-corrected chi connectivity index (χ0v) is 17.5. The lowest BCUT2D eigenvalue weighted by Gasteiger charge is -2.19. The van der Waals surface area contributed by atoms with Crippen LogP contribution in [0, 0.1) is 6.92 Å². The third-order valence-electron chi connectivity index (χ3n) is 4.60. The molecular formula is C22H18ClN3O2S. The van der Waals surface area contributed by atoms with Gasteiger partial charge in [-0.05, 0) is 61.0 Å². The standard InChI is InChI=1S/C22H18ClN3O2S/c1-14-18(23)10-11-19-20(14)25-22(29-19)26(13-16-5-3-4-12-24-16)21(27)15-6-8-17(28-2)9-7-15/h3-12H,13H2,1-2H3. The number of hydrogen-bond donors (Lipinski definition) is 0. The molecule has 1 amide bonds. The smallest absolute Gasteiger partial charge is 0.260 e. The van der Waals surface area contributed by atoms with Gasteiger partial charge >= 0.3 is 0 Å². The summed E-state index contributed by atoms with van der Waals surface area (Å²) >= 11 is 7.72. The summed E-state index contributed by atoms with van der Waals surface area (Å²) in [5, 5.41) is 1.27. The number of methoxy groups -OCH3 is 1. The van der Waals surface area contributed by atoms with Gasteiger partial charge in [0.2, 0.25) is 0 Å². The van der Waals surface area contributed by atoms with Crippen LogP contribution in [0.15, 0.2) is 60.8 Å². The monoisotopic (exact) mass is 423 g/mol. The summed E-state index contributed by atoms with van der Waals surface area (Å²) in [6, 6.07) is 16.5. The minimum Gasteiger partial charge on any atom is -0.497 e. The number of thiazole rings is 1. The molecular weight excluding hydrogens is 406 g/mol. The van der Waals surface area contributed by atoms with E-state index in [1.807, 2.05) is 37.3 Å². The summed E-state index contributed by atoms with van der Waals surface area (Å²) in [5.74, 6) is 0.546. The summed E-state index contributed by atoms with van der Waals surface area (Å²) in [5.41, 5.74) is 3.05. The molecule has 7 heteroatoms. The Kier molecular flexibility index (Phi) is 5.47. The summed E-state index contributed by atoms with van der Waals surface area (Å²) < 4.78 is 6.18. The SMILES string of the molecule is COc1ccc(C(=O)N(Cc2ccccn2)c2nc3c(C)c(Cl)ccc3s2)cc1. The molecule has 0 aliphatic rings. The van der Waals surface area contributed by atoms with Crippen molar-refractivity contribution in [3.8, 4) is 5.75 Å². The Balaban J connectivity index is 1.77. The highest BCUT2D eigenvalue weighted by atomic mass is 35.5. The number of benzene rings is 2. The van der Waals surface area contributed by atoms with Crippen molar-refractivity contribution in [2.24, 2.45) is 0 Å². The third kappa shape index (κ3) is 3.95. The maximum Gasteiger partial charge on any atom is 0.260 e. The molecule has 0 unspecified atom stereocenters. The van der Waals surface area contributed by atoms with E-state index >= 15 is 0 Å². The van der Waals surface area contributed by atoms with E-state index in [4.69, 9.17) is 21.3 Å². The summed E-state index contributed by atoms with van der Waals surface area (Å²) in [6.07, 6.45) is 1.72. The Labute approximate surface area is 177 Å². The van der Waals surface area contributed by atoms with Crippen LogP contribution in [0.3, 0.4) is 0 Å². The molecule has 0 saturated heterocycles. The van der Waals surface area contributed by atoms with E-state index in [0.29, 0.717) is 28.0 Å². The van der Waals surface area contributed by atoms with Crippen LogP contribution >= 0.6 is 22.9 Å². The summed E-state index contributed by atoms with van der Waals surface area (Å²) in [7, 11) is 1.60. The second-order valence-corrected chi connectivity index (χ2v) is 7.87. The van der Waals surface area contributed by atoms with Crippen LogP contribution in [0.5, 0.6) is 5.75 Å². The van der Waals surface area contributed by atoms with E-state index in [-0.39, 0.29) is 5.91 Å². The number of amides is 1. The van der Waals surface area contributed by atoms with Gasteiger partial charge in [-0.15, -0.1) is 0 Å². The molecule has 2 aromatic carbocycles. The lowest BCUT2D eigenvalue weighted by atomic mass is 10.2. The lowest BCUT2D eigenvalue weighted by molar-refractivity contribution is 0.0985. The molecule has 4 rings (SSSR count). The molecule has 0 aliphatic carbocycles. The Morgan fingerprint density at radius 3 is 2.62 bits per heavy atom. The van der Waals surface area contributed by atoms with Gasteiger partial charge in [0.05, 0.1) is 29.6 Å². The maximum atomic E-state index is 13.4. The fourth-order valence-corrected chi connectivity index (χ4v) is 4.15. The van der Waals surface area contributed by atoms with Gasteiger partial charge in [-0.25, -0.2) is 4.98 Å². The number of pyridine rings is 1. The minimum atomic E-state index is -0.152. The predicted molar refractivity (Wildman–Crippen MR) is 117 cm³/mol. The van der Waals surface area contributed by atoms with E-state index in [9.17, 15) is 4.79 Å². The number of ether oxygens (including phenoxy) is 1. The van der Waals surface area contributed by atoms with E-state index in [1.54, 1.807) is 42.5 Å². The molecule has 29 heavy (non-hydrogen) atoms. The maximum absolute atomic E-state index is 13.4. The number of aromatic nitrogens is 2. The van der Waals surface area contributed by atoms with Crippen LogP contribution in [0.4, 0.5) is 5.13 Å². The van der Waals surface area contributed by atoms with E-state index in [0.717, 1.165) is 21.5 Å². The van der Waals surface area contributed by atoms with Crippen molar-refractivity contribution in [2.75, 3.05) is 12.0 Å². The molecule has 0 N–H and O–H groups in total. The zero-order valence-electron chi connectivity index (χ0n) is 15.9. The van der Waals surface area contributed by atoms with Gasteiger partial charge < -0.3 is 4.74 Å². The first-order valence-electron chi connectivity index (χ1n) is 8.98. The number of aryl methyl sites for hydroxylation is 1. The highest BCUT2D eigenvalue weighted by Crippen LogP contribution is 2.34. The predicted octanol–water partition coefficient (Wildman–Crippen LogP) is 5.51. The van der Waals surface area contributed by atoms with Gasteiger partial charge in [0.1, 0.15) is 5.75 Å². The number of nitrogens with zero attached hydrogens (tertiary/aromatic N) is 3. The van der Waals surface area contributed by atoms with Crippen LogP contribution in [0.1, 0.15) is 21.6 Å². The van der Waals surface area contributed by atoms with Gasteiger partial charge in [0.25, 0.3) is 5.91 Å². The highest BCUT2D eigenvalue weighted by molar-refractivity contribution is 7.22. The average molecular weight is 424 g/mol. The van der Waals surface area contributed by atoms with Gasteiger partial charge in [-0.3, -0.25) is 14.7 Å². The van der Waals surface area contributed by atoms with E-state index < -0.39 is 0 Å². The van der Waals surface area contributed by atoms with Crippen molar-refractivity contribution in [3.63, 3.8) is 0 Å². The number of hydrogen-bond acceptors (Lipinski definition) is 5. The Hall–Kier alpha value is -2.96. The van der Waals surface area contributed by atoms with Crippen molar-refractivity contribution in [2.45, 2.75) is 13.5 Å². The molecule has 0 saturated carbocycles. The van der Waals surface area contributed by atoms with Crippen LogP contribution in [-0.4, -0.2) is 23.0 Å². The number of carbonyl (C=O) groups excluding carboxylic acids is 1. The van der Waals surface area contributed by atoms with Gasteiger partial charge in [-0.2, -0.15) is 0 Å². The number of anilines is 1. The molecule has 2 aromatic heterocycles. The molecule has 0 radical (unpaired) electrons. The van der Waals surface area contributed by atoms with Gasteiger partial charge in [0, 0.05) is 16.8 Å². The molecule has 4 aromatic rings. The van der Waals surface area contributed by atoms with Crippen molar-refractivity contribution in [3.05, 3.63) is 82.6 Å². The molecule has 0 fully saturated rings. The number of fused-ring (bicyclic) bond motifs is 1. The van der Waals surface area contributed by atoms with Crippen molar-refractivity contribution >= 4 is 44.2 Å². The molecule has 2 heterocycles. The topological polar surface area (TPSA) is 55.3 Å². The fourth-order valence-electron chi connectivity index (χ4n) is 2.97. The lowest BCUT2D eigenvalue weighted by Crippen LogP contribution is -2.30. The molecule has 0 aliphatic heterocycles. The van der Waals surface area contributed by atoms with Crippen molar-refractivity contribution < 1.29 is 9.53 Å². The van der Waals surface area contributed by atoms with Crippen LogP contribution < -0.4 is 9.64 Å². The largest absolute Gasteiger partial charge is 0.497 e. The second-order valence-electron chi connectivity index (χ2n) is 6.46. The van der Waals surface area contributed by atoms with Crippen LogP contribution in [0.25, 0.3) is 10.2 Å². The van der Waals surface area contributed by atoms with E-state index in [1.165, 1.54) is 11.3 Å². The average Bonchev–Trinajstić information content (AvgIpc) is 3.20. The normalized spacial score (nSPS) is 10.9. The molecule has 5 nitrogen and oxygen atoms in total. The second kappa shape index (κ2) is 8.19. The van der Waals surface area contributed by atoms with Gasteiger partial charge in [0.15, 0.2) is 5.13 Å². The fraction of sp³-hybridized carbons (Fsp3) is 0.136. The molecule has 0 spiro atoms. The highest BCUT2D eigenvalue weighted by Gasteiger charge is 2.23. The third-order valence-corrected chi connectivity index (χ3v) is 6.05. The van der Waals surface area contributed by atoms with Crippen molar-refractivity contribution in [1.29, 1.82) is 0 Å². The Morgan fingerprint density at radius 2 is 1.93 bits per heavy atom. The van der Waals surface area contributed by atoms with Crippen molar-refractivity contribution in [1.82, 2.24) is 9.97 Å². The first kappa shape index (κ1) is 19.4. The number of halogens is 1. The zero-order chi connectivity index (χ0) is 20.4. The molecule has 0 atom stereocenters. The molecule has 0 bridgehead atoms. The number of carbonyl (C=O) groups is 1. The quantitative estimate of drug-likeness (QED) is 0.424. The number of rotatable bonds is 5. The van der Waals surface area contributed by atoms with E-state index in [2.05, 4.69) is 4.98 Å². The summed E-state index contributed by atoms with van der Waals surface area (Å²) in [4.78, 5) is 24.1. The minimum absolute atomic E-state index is 0.152. The Bertz CT molecular complexity index is 1160. The first-order valence-corrected chi connectivity index (χ1v) is 10.2. The molecule has 146 valence electrons. The Morgan fingerprint density at radius 1 is 1.14 bits per heavy atom. The van der Waals surface area contributed by atoms with Crippen LogP contribution in [0.2, 0.25) is 5.02 Å². The van der Waals surface area contributed by atoms with Crippen LogP contribution in [-0.2, 0) is 6.54 Å². The van der Waals surface area contributed by atoms with Gasteiger partial charge in [-0.1, -0.05) is 29.0 Å².